The first-order valence-electron chi connectivity index (χ1n) is 5.24. The zero-order valence-electron chi connectivity index (χ0n) is 9.29. The van der Waals surface area contributed by atoms with Gasteiger partial charge in [-0.2, -0.15) is 0 Å². The Bertz CT molecular complexity index is 136. The molecule has 0 aromatic carbocycles. The van der Waals surface area contributed by atoms with E-state index in [1.165, 1.54) is 45.7 Å². The van der Waals surface area contributed by atoms with Crippen LogP contribution in [0.3, 0.4) is 0 Å². The minimum atomic E-state index is 1.18. The Hall–Kier alpha value is -0.120. The van der Waals surface area contributed by atoms with Crippen molar-refractivity contribution >= 4 is 0 Å². The van der Waals surface area contributed by atoms with E-state index >= 15 is 0 Å². The first kappa shape index (κ1) is 11.0. The minimum absolute atomic E-state index is 1.18. The van der Waals surface area contributed by atoms with Crippen molar-refractivity contribution in [1.82, 2.24) is 14.7 Å². The second kappa shape index (κ2) is 5.58. The van der Waals surface area contributed by atoms with Crippen molar-refractivity contribution in [3.63, 3.8) is 0 Å². The molecule has 0 atom stereocenters. The standard InChI is InChI=1S/C10H23N3/c1-11(2)7-9-13-6-4-5-12(3)8-10-13/h4-10H2,1-3H3. The molecule has 13 heavy (non-hydrogen) atoms. The molecule has 3 nitrogen and oxygen atoms in total. The molecule has 0 bridgehead atoms. The van der Waals surface area contributed by atoms with Crippen LogP contribution in [-0.4, -0.2) is 75.1 Å². The monoisotopic (exact) mass is 185 g/mol. The van der Waals surface area contributed by atoms with E-state index in [1.807, 2.05) is 0 Å². The molecule has 1 heterocycles. The van der Waals surface area contributed by atoms with Crippen molar-refractivity contribution in [2.24, 2.45) is 0 Å². The fourth-order valence-corrected chi connectivity index (χ4v) is 1.67. The first-order chi connectivity index (χ1) is 6.18. The summed E-state index contributed by atoms with van der Waals surface area (Å²) in [6.07, 6.45) is 1.32. The Balaban J connectivity index is 2.18. The molecule has 1 saturated heterocycles. The average Bonchev–Trinajstić information content (AvgIpc) is 2.27. The third-order valence-corrected chi connectivity index (χ3v) is 2.68. The fraction of sp³-hybridized carbons (Fsp3) is 1.00. The van der Waals surface area contributed by atoms with Gasteiger partial charge in [-0.3, -0.25) is 0 Å². The zero-order chi connectivity index (χ0) is 9.68. The van der Waals surface area contributed by atoms with Crippen LogP contribution in [0.5, 0.6) is 0 Å². The average molecular weight is 185 g/mol. The van der Waals surface area contributed by atoms with Crippen LogP contribution >= 0.6 is 0 Å². The lowest BCUT2D eigenvalue weighted by atomic mass is 10.4. The molecular weight excluding hydrogens is 162 g/mol. The van der Waals surface area contributed by atoms with Crippen molar-refractivity contribution in [1.29, 1.82) is 0 Å². The summed E-state index contributed by atoms with van der Waals surface area (Å²) in [6.45, 7) is 7.42. The highest BCUT2D eigenvalue weighted by Crippen LogP contribution is 2.00. The quantitative estimate of drug-likeness (QED) is 0.621. The third-order valence-electron chi connectivity index (χ3n) is 2.68. The lowest BCUT2D eigenvalue weighted by molar-refractivity contribution is 0.245. The van der Waals surface area contributed by atoms with Crippen LogP contribution in [0.15, 0.2) is 0 Å². The van der Waals surface area contributed by atoms with Gasteiger partial charge in [0.2, 0.25) is 0 Å². The first-order valence-corrected chi connectivity index (χ1v) is 5.24. The SMILES string of the molecule is CN(C)CCN1CCCN(C)CC1. The summed E-state index contributed by atoms with van der Waals surface area (Å²) in [5.74, 6) is 0. The Morgan fingerprint density at radius 3 is 2.54 bits per heavy atom. The van der Waals surface area contributed by atoms with E-state index in [4.69, 9.17) is 0 Å². The van der Waals surface area contributed by atoms with Crippen molar-refractivity contribution in [2.75, 3.05) is 60.4 Å². The number of hydrogen-bond acceptors (Lipinski definition) is 3. The van der Waals surface area contributed by atoms with Gasteiger partial charge in [-0.25, -0.2) is 0 Å². The fourth-order valence-electron chi connectivity index (χ4n) is 1.67. The topological polar surface area (TPSA) is 9.72 Å². The Morgan fingerprint density at radius 1 is 1.08 bits per heavy atom. The largest absolute Gasteiger partial charge is 0.308 e. The number of nitrogens with zero attached hydrogens (tertiary/aromatic N) is 3. The van der Waals surface area contributed by atoms with Gasteiger partial charge in [-0.1, -0.05) is 0 Å². The summed E-state index contributed by atoms with van der Waals surface area (Å²) in [6, 6.07) is 0. The van der Waals surface area contributed by atoms with E-state index in [9.17, 15) is 0 Å². The second-order valence-corrected chi connectivity index (χ2v) is 4.30. The molecule has 3 heteroatoms. The molecule has 0 aromatic heterocycles. The van der Waals surface area contributed by atoms with Crippen LogP contribution in [-0.2, 0) is 0 Å². The van der Waals surface area contributed by atoms with E-state index in [0.29, 0.717) is 0 Å². The summed E-state index contributed by atoms with van der Waals surface area (Å²) < 4.78 is 0. The van der Waals surface area contributed by atoms with Gasteiger partial charge in [0.15, 0.2) is 0 Å². The Morgan fingerprint density at radius 2 is 1.85 bits per heavy atom. The van der Waals surface area contributed by atoms with Crippen molar-refractivity contribution in [2.45, 2.75) is 6.42 Å². The van der Waals surface area contributed by atoms with Crippen molar-refractivity contribution < 1.29 is 0 Å². The van der Waals surface area contributed by atoms with Crippen LogP contribution in [0.2, 0.25) is 0 Å². The molecule has 1 fully saturated rings. The maximum absolute atomic E-state index is 2.57. The molecule has 78 valence electrons. The molecule has 0 amide bonds. The number of rotatable bonds is 3. The highest BCUT2D eigenvalue weighted by molar-refractivity contribution is 4.67. The Kier molecular flexibility index (Phi) is 4.70. The highest BCUT2D eigenvalue weighted by atomic mass is 15.2. The molecule has 1 aliphatic rings. The smallest absolute Gasteiger partial charge is 0.0110 e. The summed E-state index contributed by atoms with van der Waals surface area (Å²) in [4.78, 5) is 7.26. The summed E-state index contributed by atoms with van der Waals surface area (Å²) in [5, 5.41) is 0. The molecule has 0 unspecified atom stereocenters. The van der Waals surface area contributed by atoms with Crippen LogP contribution in [0, 0.1) is 0 Å². The lowest BCUT2D eigenvalue weighted by Gasteiger charge is -2.21. The summed E-state index contributed by atoms with van der Waals surface area (Å²) in [5.41, 5.74) is 0. The van der Waals surface area contributed by atoms with Crippen LogP contribution in [0.25, 0.3) is 0 Å². The van der Waals surface area contributed by atoms with Crippen molar-refractivity contribution in [3.8, 4) is 0 Å². The molecule has 0 aromatic rings. The zero-order valence-corrected chi connectivity index (χ0v) is 9.29. The van der Waals surface area contributed by atoms with Gasteiger partial charge in [-0.15, -0.1) is 0 Å². The summed E-state index contributed by atoms with van der Waals surface area (Å²) >= 11 is 0. The lowest BCUT2D eigenvalue weighted by Crippen LogP contribution is -2.34. The summed E-state index contributed by atoms with van der Waals surface area (Å²) in [7, 11) is 6.50. The second-order valence-electron chi connectivity index (χ2n) is 4.30. The normalized spacial score (nSPS) is 22.2. The van der Waals surface area contributed by atoms with E-state index < -0.39 is 0 Å². The van der Waals surface area contributed by atoms with Gasteiger partial charge in [-0.05, 0) is 40.7 Å². The van der Waals surface area contributed by atoms with Gasteiger partial charge in [0, 0.05) is 26.2 Å². The van der Waals surface area contributed by atoms with E-state index in [2.05, 4.69) is 35.8 Å². The van der Waals surface area contributed by atoms with Crippen molar-refractivity contribution in [3.05, 3.63) is 0 Å². The maximum atomic E-state index is 2.57. The van der Waals surface area contributed by atoms with Crippen LogP contribution < -0.4 is 0 Å². The molecule has 0 N–H and O–H groups in total. The van der Waals surface area contributed by atoms with Crippen LogP contribution in [0.1, 0.15) is 6.42 Å². The molecule has 0 spiro atoms. The molecular formula is C10H23N3. The predicted octanol–water partition coefficient (Wildman–Crippen LogP) is 0.186. The molecule has 0 aliphatic carbocycles. The molecule has 1 aliphatic heterocycles. The van der Waals surface area contributed by atoms with Gasteiger partial charge < -0.3 is 14.7 Å². The van der Waals surface area contributed by atoms with E-state index in [1.54, 1.807) is 0 Å². The molecule has 0 saturated carbocycles. The molecule has 0 radical (unpaired) electrons. The number of hydrogen-bond donors (Lipinski definition) is 0. The van der Waals surface area contributed by atoms with E-state index in [-0.39, 0.29) is 0 Å². The van der Waals surface area contributed by atoms with Gasteiger partial charge in [0.1, 0.15) is 0 Å². The van der Waals surface area contributed by atoms with Crippen LogP contribution in [0.4, 0.5) is 0 Å². The van der Waals surface area contributed by atoms with Gasteiger partial charge in [0.05, 0.1) is 0 Å². The maximum Gasteiger partial charge on any atom is 0.0110 e. The minimum Gasteiger partial charge on any atom is -0.308 e. The van der Waals surface area contributed by atoms with Gasteiger partial charge in [0.25, 0.3) is 0 Å². The predicted molar refractivity (Wildman–Crippen MR) is 57.1 cm³/mol. The Labute approximate surface area is 82.3 Å². The number of likely N-dealkylation sites (N-methyl/N-ethyl adjacent to an activating group) is 2. The van der Waals surface area contributed by atoms with Gasteiger partial charge >= 0.3 is 0 Å². The van der Waals surface area contributed by atoms with E-state index in [0.717, 1.165) is 0 Å². The highest BCUT2D eigenvalue weighted by Gasteiger charge is 2.11. The molecule has 1 rings (SSSR count). The third kappa shape index (κ3) is 4.60.